The number of carbonyl (C=O) groups is 2. The average molecular weight is 613 g/mol. The molecule has 35 heavy (non-hydrogen) atoms. The number of hydrogen-bond donors (Lipinski definition) is 1. The van der Waals surface area contributed by atoms with Crippen molar-refractivity contribution in [2.75, 3.05) is 6.61 Å². The fourth-order valence-electron chi connectivity index (χ4n) is 3.71. The van der Waals surface area contributed by atoms with Gasteiger partial charge in [-0.3, -0.25) is 28.8 Å². The standard InChI is InChI=1S/C23H28IN3O7Si/c1-23(2,3)35(4,5)32-12-17-16(10-18(33-17)26-11-15(24)19(28)25-22(26)31)34-27-20(29)13-8-6-7-9-14(13)21(27)30/h6-9,11,16-18H,10,12H2,1-5H3,(H,25,28,31)/t16?,17-,18-/m1/s1. The van der Waals surface area contributed by atoms with Crippen LogP contribution in [0, 0.1) is 3.57 Å². The highest BCUT2D eigenvalue weighted by Gasteiger charge is 2.46. The summed E-state index contributed by atoms with van der Waals surface area (Å²) in [5.74, 6) is -1.09. The lowest BCUT2D eigenvalue weighted by molar-refractivity contribution is -0.154. The number of halogens is 1. The molecule has 1 saturated heterocycles. The smallest absolute Gasteiger partial charge is 0.330 e. The van der Waals surface area contributed by atoms with Crippen LogP contribution in [0.25, 0.3) is 0 Å². The first-order valence-corrected chi connectivity index (χ1v) is 15.2. The van der Waals surface area contributed by atoms with E-state index in [4.69, 9.17) is 14.0 Å². The lowest BCUT2D eigenvalue weighted by atomic mass is 10.1. The number of ether oxygens (including phenoxy) is 1. The van der Waals surface area contributed by atoms with Crippen molar-refractivity contribution in [1.29, 1.82) is 0 Å². The number of benzene rings is 1. The molecule has 0 aliphatic carbocycles. The number of hydroxylamine groups is 2. The molecule has 1 fully saturated rings. The number of amides is 2. The van der Waals surface area contributed by atoms with Crippen molar-refractivity contribution in [1.82, 2.24) is 14.6 Å². The molecule has 0 spiro atoms. The highest BCUT2D eigenvalue weighted by Crippen LogP contribution is 2.38. The van der Waals surface area contributed by atoms with Gasteiger partial charge in [-0.15, -0.1) is 5.06 Å². The Balaban J connectivity index is 1.60. The maximum Gasteiger partial charge on any atom is 0.330 e. The summed E-state index contributed by atoms with van der Waals surface area (Å²) in [6.45, 7) is 10.7. The Morgan fingerprint density at radius 2 is 1.71 bits per heavy atom. The molecule has 0 bridgehead atoms. The van der Waals surface area contributed by atoms with Gasteiger partial charge >= 0.3 is 5.69 Å². The van der Waals surface area contributed by atoms with Crippen LogP contribution in [0.4, 0.5) is 0 Å². The predicted molar refractivity (Wildman–Crippen MR) is 138 cm³/mol. The topological polar surface area (TPSA) is 120 Å². The molecule has 3 heterocycles. The second-order valence-corrected chi connectivity index (χ2v) is 16.1. The van der Waals surface area contributed by atoms with E-state index in [0.29, 0.717) is 3.57 Å². The van der Waals surface area contributed by atoms with Crippen molar-refractivity contribution in [2.45, 2.75) is 63.8 Å². The maximum absolute atomic E-state index is 12.9. The van der Waals surface area contributed by atoms with E-state index in [9.17, 15) is 19.2 Å². The zero-order valence-electron chi connectivity index (χ0n) is 20.2. The van der Waals surface area contributed by atoms with Gasteiger partial charge < -0.3 is 9.16 Å². The molecule has 1 aromatic heterocycles. The Kier molecular flexibility index (Phi) is 6.96. The number of aromatic amines is 1. The Bertz CT molecular complexity index is 1250. The number of fused-ring (bicyclic) bond motifs is 1. The molecule has 12 heteroatoms. The van der Waals surface area contributed by atoms with E-state index in [1.165, 1.54) is 10.8 Å². The van der Waals surface area contributed by atoms with Crippen LogP contribution >= 0.6 is 22.6 Å². The summed E-state index contributed by atoms with van der Waals surface area (Å²) in [7, 11) is -2.15. The van der Waals surface area contributed by atoms with Crippen LogP contribution in [0.1, 0.15) is 54.1 Å². The van der Waals surface area contributed by atoms with Gasteiger partial charge in [0.2, 0.25) is 0 Å². The van der Waals surface area contributed by atoms with Crippen LogP contribution < -0.4 is 11.2 Å². The number of carbonyl (C=O) groups excluding carboxylic acids is 2. The third-order valence-corrected chi connectivity index (χ3v) is 12.1. The molecule has 1 unspecified atom stereocenters. The van der Waals surface area contributed by atoms with Crippen molar-refractivity contribution in [2.24, 2.45) is 0 Å². The summed E-state index contributed by atoms with van der Waals surface area (Å²) < 4.78 is 14.1. The SMILES string of the molecule is CC(C)(C)[Si](C)(C)OC[C@H]1O[C@@H](n2cc(I)c(=O)[nH]c2=O)CC1ON1C(=O)c2ccccc2C1=O. The predicted octanol–water partition coefficient (Wildman–Crippen LogP) is 3.05. The Labute approximate surface area is 216 Å². The third-order valence-electron chi connectivity index (χ3n) is 6.83. The summed E-state index contributed by atoms with van der Waals surface area (Å²) in [5, 5.41) is 0.718. The van der Waals surface area contributed by atoms with Crippen molar-refractivity contribution in [3.05, 3.63) is 66.0 Å². The minimum Gasteiger partial charge on any atom is -0.414 e. The summed E-state index contributed by atoms with van der Waals surface area (Å²) in [6.07, 6.45) is -0.594. The largest absolute Gasteiger partial charge is 0.414 e. The van der Waals surface area contributed by atoms with Crippen LogP contribution in [0.3, 0.4) is 0 Å². The molecule has 2 aromatic rings. The molecule has 0 saturated carbocycles. The molecule has 2 aliphatic rings. The van der Waals surface area contributed by atoms with Gasteiger partial charge in [0.25, 0.3) is 17.4 Å². The zero-order chi connectivity index (χ0) is 25.7. The van der Waals surface area contributed by atoms with Gasteiger partial charge in [0.15, 0.2) is 8.32 Å². The molecular formula is C23H28IN3O7Si. The van der Waals surface area contributed by atoms with Gasteiger partial charge in [-0.25, -0.2) is 4.79 Å². The maximum atomic E-state index is 12.9. The second-order valence-electron chi connectivity index (χ2n) is 10.2. The van der Waals surface area contributed by atoms with Crippen LogP contribution in [-0.4, -0.2) is 53.6 Å². The van der Waals surface area contributed by atoms with E-state index >= 15 is 0 Å². The van der Waals surface area contributed by atoms with Crippen LogP contribution in [0.2, 0.25) is 18.1 Å². The zero-order valence-corrected chi connectivity index (χ0v) is 23.3. The summed E-state index contributed by atoms with van der Waals surface area (Å²) in [4.78, 5) is 58.2. The quantitative estimate of drug-likeness (QED) is 0.302. The van der Waals surface area contributed by atoms with E-state index in [1.54, 1.807) is 24.3 Å². The summed E-state index contributed by atoms with van der Waals surface area (Å²) in [6, 6.07) is 6.52. The highest BCUT2D eigenvalue weighted by atomic mass is 127. The monoisotopic (exact) mass is 613 g/mol. The fraction of sp³-hybridized carbons (Fsp3) is 0.478. The number of nitrogens with zero attached hydrogens (tertiary/aromatic N) is 2. The number of nitrogens with one attached hydrogen (secondary N) is 1. The minimum atomic E-state index is -2.15. The van der Waals surface area contributed by atoms with E-state index in [1.807, 2.05) is 22.6 Å². The van der Waals surface area contributed by atoms with Gasteiger partial charge in [-0.1, -0.05) is 32.9 Å². The molecular weight excluding hydrogens is 585 g/mol. The normalized spacial score (nSPS) is 22.7. The molecule has 10 nitrogen and oxygen atoms in total. The molecule has 4 rings (SSSR count). The van der Waals surface area contributed by atoms with Gasteiger partial charge in [-0.05, 0) is 52.9 Å². The second kappa shape index (κ2) is 9.39. The Morgan fingerprint density at radius 3 is 2.29 bits per heavy atom. The fourth-order valence-corrected chi connectivity index (χ4v) is 5.16. The summed E-state index contributed by atoms with van der Waals surface area (Å²) in [5.41, 5.74) is -0.561. The number of aromatic nitrogens is 2. The van der Waals surface area contributed by atoms with Crippen molar-refractivity contribution < 1.29 is 23.6 Å². The van der Waals surface area contributed by atoms with Crippen LogP contribution in [0.5, 0.6) is 0 Å². The van der Waals surface area contributed by atoms with E-state index in [0.717, 1.165) is 5.06 Å². The van der Waals surface area contributed by atoms with Crippen molar-refractivity contribution in [3.8, 4) is 0 Å². The first-order valence-electron chi connectivity index (χ1n) is 11.2. The highest BCUT2D eigenvalue weighted by molar-refractivity contribution is 14.1. The van der Waals surface area contributed by atoms with Gasteiger partial charge in [0.1, 0.15) is 18.4 Å². The van der Waals surface area contributed by atoms with E-state index < -0.39 is 49.8 Å². The van der Waals surface area contributed by atoms with Crippen molar-refractivity contribution >= 4 is 42.7 Å². The van der Waals surface area contributed by atoms with E-state index in [-0.39, 0.29) is 29.2 Å². The van der Waals surface area contributed by atoms with Gasteiger partial charge in [-0.2, -0.15) is 0 Å². The lowest BCUT2D eigenvalue weighted by Gasteiger charge is -2.37. The molecule has 1 N–H and O–H groups in total. The minimum absolute atomic E-state index is 0.0458. The molecule has 188 valence electrons. The first kappa shape index (κ1) is 25.9. The summed E-state index contributed by atoms with van der Waals surface area (Å²) >= 11 is 1.84. The number of hydrogen-bond acceptors (Lipinski definition) is 7. The van der Waals surface area contributed by atoms with Crippen LogP contribution in [0.15, 0.2) is 40.1 Å². The third kappa shape index (κ3) is 4.94. The number of H-pyrrole nitrogens is 1. The molecule has 0 radical (unpaired) electrons. The van der Waals surface area contributed by atoms with E-state index in [2.05, 4.69) is 38.8 Å². The molecule has 2 amide bonds. The Hall–Kier alpha value is -2.13. The number of imide groups is 1. The van der Waals surface area contributed by atoms with Crippen LogP contribution in [-0.2, 0) is 14.0 Å². The molecule has 2 aliphatic heterocycles. The first-order chi connectivity index (χ1) is 16.3. The van der Waals surface area contributed by atoms with Gasteiger partial charge in [0, 0.05) is 12.6 Å². The van der Waals surface area contributed by atoms with Crippen molar-refractivity contribution in [3.63, 3.8) is 0 Å². The lowest BCUT2D eigenvalue weighted by Crippen LogP contribution is -2.45. The molecule has 3 atom stereocenters. The average Bonchev–Trinajstić information content (AvgIpc) is 3.29. The number of rotatable bonds is 6. The van der Waals surface area contributed by atoms with Gasteiger partial charge in [0.05, 0.1) is 21.3 Å². The Morgan fingerprint density at radius 1 is 1.11 bits per heavy atom. The molecule has 1 aromatic carbocycles.